The number of para-hydroxylation sites is 1. The fraction of sp³-hybridized carbons (Fsp3) is 0.136. The van der Waals surface area contributed by atoms with E-state index in [0.717, 1.165) is 22.4 Å². The van der Waals surface area contributed by atoms with E-state index in [0.29, 0.717) is 6.54 Å². The molecule has 1 atom stereocenters. The summed E-state index contributed by atoms with van der Waals surface area (Å²) in [5.41, 5.74) is 5.16. The molecule has 0 fully saturated rings. The minimum Gasteiger partial charge on any atom is -0.361 e. The maximum absolute atomic E-state index is 13.0. The van der Waals surface area contributed by atoms with Gasteiger partial charge in [0.05, 0.1) is 0 Å². The van der Waals surface area contributed by atoms with Gasteiger partial charge in [-0.1, -0.05) is 66.7 Å². The number of aryl methyl sites for hydroxylation is 1. The molecule has 3 aromatic rings. The maximum atomic E-state index is 13.0. The lowest BCUT2D eigenvalue weighted by molar-refractivity contribution is 0.0728. The number of nitrogens with zero attached hydrogens (tertiary/aromatic N) is 1. The van der Waals surface area contributed by atoms with Crippen LogP contribution in [-0.2, 0) is 6.54 Å². The molecular weight excluding hydrogens is 308 g/mol. The number of nitrogens with one attached hydrogen (secondary N) is 1. The Morgan fingerprint density at radius 1 is 0.880 bits per heavy atom. The third-order valence-electron chi connectivity index (χ3n) is 4.69. The van der Waals surface area contributed by atoms with Crippen molar-refractivity contribution in [2.75, 3.05) is 5.32 Å². The minimum atomic E-state index is -0.162. The fourth-order valence-electron chi connectivity index (χ4n) is 3.35. The third-order valence-corrected chi connectivity index (χ3v) is 4.69. The van der Waals surface area contributed by atoms with Crippen LogP contribution in [-0.4, -0.2) is 10.8 Å². The van der Waals surface area contributed by atoms with Gasteiger partial charge in [-0.3, -0.25) is 4.79 Å². The molecule has 3 heteroatoms. The van der Waals surface area contributed by atoms with Gasteiger partial charge in [-0.25, -0.2) is 0 Å². The van der Waals surface area contributed by atoms with Crippen LogP contribution in [0.5, 0.6) is 0 Å². The van der Waals surface area contributed by atoms with Gasteiger partial charge in [0.1, 0.15) is 6.17 Å². The van der Waals surface area contributed by atoms with E-state index in [1.54, 1.807) is 0 Å². The second-order valence-electron chi connectivity index (χ2n) is 6.37. The van der Waals surface area contributed by atoms with Crippen LogP contribution in [0.1, 0.15) is 33.2 Å². The van der Waals surface area contributed by atoms with Crippen molar-refractivity contribution in [3.8, 4) is 0 Å². The highest BCUT2D eigenvalue weighted by Crippen LogP contribution is 2.36. The van der Waals surface area contributed by atoms with Crippen LogP contribution < -0.4 is 5.32 Å². The Balaban J connectivity index is 1.71. The zero-order valence-electron chi connectivity index (χ0n) is 14.1. The van der Waals surface area contributed by atoms with E-state index in [1.807, 2.05) is 59.5 Å². The average Bonchev–Trinajstić information content (AvgIpc) is 2.91. The standard InChI is InChI=1S/C22H20N2O/c1-16-9-5-8-14-20(16)23-21-18-12-6-7-13-19(18)22(25)24(21)15-17-10-3-2-4-11-17/h2-14,21,23H,15H2,1H3/t21-/m1/s1. The molecule has 1 aliphatic rings. The molecule has 3 nitrogen and oxygen atoms in total. The van der Waals surface area contributed by atoms with E-state index in [4.69, 9.17) is 0 Å². The Hall–Kier alpha value is -3.07. The van der Waals surface area contributed by atoms with E-state index in [9.17, 15) is 4.79 Å². The molecule has 0 spiro atoms. The van der Waals surface area contributed by atoms with Crippen molar-refractivity contribution in [3.63, 3.8) is 0 Å². The second kappa shape index (κ2) is 6.44. The predicted molar refractivity (Wildman–Crippen MR) is 100 cm³/mol. The molecule has 0 bridgehead atoms. The molecule has 0 saturated carbocycles. The van der Waals surface area contributed by atoms with Crippen molar-refractivity contribution in [2.45, 2.75) is 19.6 Å². The second-order valence-corrected chi connectivity index (χ2v) is 6.37. The maximum Gasteiger partial charge on any atom is 0.256 e. The van der Waals surface area contributed by atoms with Crippen molar-refractivity contribution < 1.29 is 4.79 Å². The SMILES string of the molecule is Cc1ccccc1N[C@H]1c2ccccc2C(=O)N1Cc1ccccc1. The van der Waals surface area contributed by atoms with E-state index in [1.165, 1.54) is 5.56 Å². The van der Waals surface area contributed by atoms with Gasteiger partial charge in [0.15, 0.2) is 0 Å². The number of carbonyl (C=O) groups excluding carboxylic acids is 1. The highest BCUT2D eigenvalue weighted by molar-refractivity contribution is 5.99. The molecule has 0 unspecified atom stereocenters. The van der Waals surface area contributed by atoms with Gasteiger partial charge in [0.2, 0.25) is 0 Å². The van der Waals surface area contributed by atoms with Crippen LogP contribution in [0.2, 0.25) is 0 Å². The number of carbonyl (C=O) groups is 1. The first kappa shape index (κ1) is 15.5. The van der Waals surface area contributed by atoms with Gasteiger partial charge in [0, 0.05) is 23.4 Å². The number of hydrogen-bond donors (Lipinski definition) is 1. The normalized spacial score (nSPS) is 16.0. The molecule has 4 rings (SSSR count). The average molecular weight is 328 g/mol. The lowest BCUT2D eigenvalue weighted by Gasteiger charge is -2.28. The van der Waals surface area contributed by atoms with Crippen LogP contribution >= 0.6 is 0 Å². The zero-order valence-corrected chi connectivity index (χ0v) is 14.1. The summed E-state index contributed by atoms with van der Waals surface area (Å²) in [6.45, 7) is 2.66. The third kappa shape index (κ3) is 2.89. The highest BCUT2D eigenvalue weighted by atomic mass is 16.2. The zero-order chi connectivity index (χ0) is 17.2. The Labute approximate surface area is 147 Å². The number of rotatable bonds is 4. The highest BCUT2D eigenvalue weighted by Gasteiger charge is 2.36. The van der Waals surface area contributed by atoms with Gasteiger partial charge < -0.3 is 10.2 Å². The molecule has 0 aromatic heterocycles. The quantitative estimate of drug-likeness (QED) is 0.749. The number of benzene rings is 3. The van der Waals surface area contributed by atoms with Crippen LogP contribution in [0.4, 0.5) is 5.69 Å². The van der Waals surface area contributed by atoms with Gasteiger partial charge >= 0.3 is 0 Å². The van der Waals surface area contributed by atoms with Crippen molar-refractivity contribution in [2.24, 2.45) is 0 Å². The number of amides is 1. The topological polar surface area (TPSA) is 32.3 Å². The van der Waals surface area contributed by atoms with Crippen LogP contribution in [0.3, 0.4) is 0 Å². The van der Waals surface area contributed by atoms with Gasteiger partial charge in [0.25, 0.3) is 5.91 Å². The number of anilines is 1. The Morgan fingerprint density at radius 2 is 1.56 bits per heavy atom. The molecule has 25 heavy (non-hydrogen) atoms. The molecule has 1 heterocycles. The summed E-state index contributed by atoms with van der Waals surface area (Å²) in [7, 11) is 0. The number of fused-ring (bicyclic) bond motifs is 1. The van der Waals surface area contributed by atoms with Crippen molar-refractivity contribution >= 4 is 11.6 Å². The minimum absolute atomic E-state index is 0.0746. The van der Waals surface area contributed by atoms with Gasteiger partial charge in [-0.15, -0.1) is 0 Å². The summed E-state index contributed by atoms with van der Waals surface area (Å²) < 4.78 is 0. The molecule has 1 aliphatic heterocycles. The summed E-state index contributed by atoms with van der Waals surface area (Å²) in [6.07, 6.45) is -0.162. The molecule has 3 aromatic carbocycles. The predicted octanol–water partition coefficient (Wildman–Crippen LogP) is 4.76. The van der Waals surface area contributed by atoms with E-state index >= 15 is 0 Å². The van der Waals surface area contributed by atoms with E-state index in [-0.39, 0.29) is 12.1 Å². The molecule has 1 amide bonds. The molecule has 1 N–H and O–H groups in total. The smallest absolute Gasteiger partial charge is 0.256 e. The van der Waals surface area contributed by atoms with Crippen LogP contribution in [0.25, 0.3) is 0 Å². The van der Waals surface area contributed by atoms with E-state index in [2.05, 4.69) is 36.5 Å². The molecular formula is C22H20N2O. The Bertz CT molecular complexity index is 905. The van der Waals surface area contributed by atoms with Crippen LogP contribution in [0, 0.1) is 6.92 Å². The van der Waals surface area contributed by atoms with Gasteiger partial charge in [-0.2, -0.15) is 0 Å². The van der Waals surface area contributed by atoms with Crippen LogP contribution in [0.15, 0.2) is 78.9 Å². The first-order valence-corrected chi connectivity index (χ1v) is 8.50. The van der Waals surface area contributed by atoms with Crippen molar-refractivity contribution in [1.82, 2.24) is 4.90 Å². The van der Waals surface area contributed by atoms with Crippen molar-refractivity contribution in [3.05, 3.63) is 101 Å². The van der Waals surface area contributed by atoms with Gasteiger partial charge in [-0.05, 0) is 30.2 Å². The fourth-order valence-corrected chi connectivity index (χ4v) is 3.35. The largest absolute Gasteiger partial charge is 0.361 e. The summed E-state index contributed by atoms with van der Waals surface area (Å²) in [5.74, 6) is 0.0746. The van der Waals surface area contributed by atoms with E-state index < -0.39 is 0 Å². The monoisotopic (exact) mass is 328 g/mol. The molecule has 0 aliphatic carbocycles. The lowest BCUT2D eigenvalue weighted by atomic mass is 10.1. The Kier molecular flexibility index (Phi) is 3.98. The van der Waals surface area contributed by atoms with Crippen molar-refractivity contribution in [1.29, 1.82) is 0 Å². The Morgan fingerprint density at radius 3 is 2.36 bits per heavy atom. The summed E-state index contributed by atoms with van der Waals surface area (Å²) >= 11 is 0. The summed E-state index contributed by atoms with van der Waals surface area (Å²) in [5, 5.41) is 3.57. The molecule has 0 radical (unpaired) electrons. The molecule has 0 saturated heterocycles. The first-order valence-electron chi connectivity index (χ1n) is 8.50. The molecule has 124 valence electrons. The number of hydrogen-bond acceptors (Lipinski definition) is 2. The lowest BCUT2D eigenvalue weighted by Crippen LogP contribution is -2.32. The first-order chi connectivity index (χ1) is 12.2. The summed E-state index contributed by atoms with van der Waals surface area (Å²) in [6, 6.07) is 26.2. The summed E-state index contributed by atoms with van der Waals surface area (Å²) in [4.78, 5) is 14.9.